The highest BCUT2D eigenvalue weighted by Gasteiger charge is 2.27. The van der Waals surface area contributed by atoms with E-state index in [0.29, 0.717) is 10.8 Å². The highest BCUT2D eigenvalue weighted by Crippen LogP contribution is 2.40. The third-order valence-electron chi connectivity index (χ3n) is 3.03. The molecule has 2 aromatic carbocycles. The Balaban J connectivity index is 2.00. The normalized spacial score (nSPS) is 17.3. The first-order valence-electron chi connectivity index (χ1n) is 5.80. The lowest BCUT2D eigenvalue weighted by Gasteiger charge is -2.28. The summed E-state index contributed by atoms with van der Waals surface area (Å²) in [7, 11) is 0. The van der Waals surface area contributed by atoms with Crippen LogP contribution in [0.5, 0.6) is 5.75 Å². The standard InChI is InChI=1S/C14H10ClF2NO/c15-8-3-1-6-11-14(8)19-12(7-18-11)13-9(16)4-2-5-10(13)17/h1-6,12,18H,7H2. The third-order valence-corrected chi connectivity index (χ3v) is 3.32. The minimum atomic E-state index is -0.742. The van der Waals surface area contributed by atoms with Crippen LogP contribution >= 0.6 is 11.6 Å². The van der Waals surface area contributed by atoms with E-state index in [1.807, 2.05) is 0 Å². The molecule has 1 N–H and O–H groups in total. The van der Waals surface area contributed by atoms with Gasteiger partial charge in [0, 0.05) is 0 Å². The number of fused-ring (bicyclic) bond motifs is 1. The van der Waals surface area contributed by atoms with Gasteiger partial charge in [0.1, 0.15) is 17.7 Å². The summed E-state index contributed by atoms with van der Waals surface area (Å²) in [5.41, 5.74) is 0.640. The fraction of sp³-hybridized carbons (Fsp3) is 0.143. The maximum atomic E-state index is 13.7. The molecule has 1 heterocycles. The van der Waals surface area contributed by atoms with Gasteiger partial charge in [-0.1, -0.05) is 23.7 Å². The van der Waals surface area contributed by atoms with Crippen molar-refractivity contribution in [3.8, 4) is 5.75 Å². The van der Waals surface area contributed by atoms with Crippen LogP contribution in [0, 0.1) is 11.6 Å². The first-order valence-corrected chi connectivity index (χ1v) is 6.17. The van der Waals surface area contributed by atoms with Crippen molar-refractivity contribution in [1.82, 2.24) is 0 Å². The van der Waals surface area contributed by atoms with Crippen molar-refractivity contribution < 1.29 is 13.5 Å². The van der Waals surface area contributed by atoms with E-state index in [-0.39, 0.29) is 12.1 Å². The molecule has 19 heavy (non-hydrogen) atoms. The summed E-state index contributed by atoms with van der Waals surface area (Å²) in [5, 5.41) is 3.47. The van der Waals surface area contributed by atoms with Crippen LogP contribution in [0.1, 0.15) is 11.7 Å². The molecule has 0 aliphatic carbocycles. The summed E-state index contributed by atoms with van der Waals surface area (Å²) in [5.74, 6) is -0.826. The van der Waals surface area contributed by atoms with Crippen LogP contribution in [0.25, 0.3) is 0 Å². The van der Waals surface area contributed by atoms with Crippen molar-refractivity contribution in [3.05, 3.63) is 58.6 Å². The highest BCUT2D eigenvalue weighted by molar-refractivity contribution is 6.32. The number of rotatable bonds is 1. The quantitative estimate of drug-likeness (QED) is 0.847. The topological polar surface area (TPSA) is 21.3 Å². The van der Waals surface area contributed by atoms with Crippen LogP contribution in [-0.2, 0) is 0 Å². The Morgan fingerprint density at radius 3 is 2.53 bits per heavy atom. The molecule has 0 saturated heterocycles. The van der Waals surface area contributed by atoms with E-state index in [9.17, 15) is 8.78 Å². The van der Waals surface area contributed by atoms with Gasteiger partial charge in [-0.3, -0.25) is 0 Å². The molecule has 1 atom stereocenters. The molecular weight excluding hydrogens is 272 g/mol. The van der Waals surface area contributed by atoms with E-state index < -0.39 is 17.7 Å². The second kappa shape index (κ2) is 4.70. The first-order chi connectivity index (χ1) is 9.16. The zero-order chi connectivity index (χ0) is 13.4. The van der Waals surface area contributed by atoms with E-state index in [1.54, 1.807) is 18.2 Å². The predicted octanol–water partition coefficient (Wildman–Crippen LogP) is 4.16. The number of hydrogen-bond acceptors (Lipinski definition) is 2. The molecule has 5 heteroatoms. The van der Waals surface area contributed by atoms with Crippen LogP contribution < -0.4 is 10.1 Å². The van der Waals surface area contributed by atoms with Crippen molar-refractivity contribution in [3.63, 3.8) is 0 Å². The molecule has 0 fully saturated rings. The monoisotopic (exact) mass is 281 g/mol. The van der Waals surface area contributed by atoms with Gasteiger partial charge in [-0.05, 0) is 24.3 Å². The maximum Gasteiger partial charge on any atom is 0.162 e. The largest absolute Gasteiger partial charge is 0.480 e. The molecule has 2 nitrogen and oxygen atoms in total. The van der Waals surface area contributed by atoms with Crippen LogP contribution in [0.3, 0.4) is 0 Å². The summed E-state index contributed by atoms with van der Waals surface area (Å²) in [6, 6.07) is 9.00. The SMILES string of the molecule is Fc1cccc(F)c1C1CNc2cccc(Cl)c2O1. The minimum Gasteiger partial charge on any atom is -0.480 e. The average Bonchev–Trinajstić information content (AvgIpc) is 2.39. The molecule has 2 aromatic rings. The van der Waals surface area contributed by atoms with E-state index in [4.69, 9.17) is 16.3 Å². The summed E-state index contributed by atoms with van der Waals surface area (Å²) in [6.45, 7) is 0.283. The Morgan fingerprint density at radius 2 is 1.79 bits per heavy atom. The highest BCUT2D eigenvalue weighted by atomic mass is 35.5. The Morgan fingerprint density at radius 1 is 1.11 bits per heavy atom. The molecule has 0 saturated carbocycles. The number of halogens is 3. The van der Waals surface area contributed by atoms with Gasteiger partial charge in [-0.15, -0.1) is 0 Å². The van der Waals surface area contributed by atoms with Gasteiger partial charge in [0.2, 0.25) is 0 Å². The van der Waals surface area contributed by atoms with Gasteiger partial charge in [-0.25, -0.2) is 8.78 Å². The lowest BCUT2D eigenvalue weighted by atomic mass is 10.1. The summed E-state index contributed by atoms with van der Waals surface area (Å²) >= 11 is 6.02. The lowest BCUT2D eigenvalue weighted by Crippen LogP contribution is -2.25. The second-order valence-corrected chi connectivity index (χ2v) is 4.65. The van der Waals surface area contributed by atoms with Crippen LogP contribution in [0.15, 0.2) is 36.4 Å². The molecule has 0 radical (unpaired) electrons. The van der Waals surface area contributed by atoms with E-state index in [0.717, 1.165) is 5.69 Å². The van der Waals surface area contributed by atoms with Crippen LogP contribution in [0.4, 0.5) is 14.5 Å². The van der Waals surface area contributed by atoms with Crippen molar-refractivity contribution in [2.24, 2.45) is 0 Å². The van der Waals surface area contributed by atoms with Crippen molar-refractivity contribution >= 4 is 17.3 Å². The van der Waals surface area contributed by atoms with E-state index in [1.165, 1.54) is 18.2 Å². The minimum absolute atomic E-state index is 0.0828. The number of hydrogen-bond donors (Lipinski definition) is 1. The number of para-hydroxylation sites is 1. The Labute approximate surface area is 114 Å². The average molecular weight is 282 g/mol. The van der Waals surface area contributed by atoms with Gasteiger partial charge in [-0.2, -0.15) is 0 Å². The fourth-order valence-electron chi connectivity index (χ4n) is 2.13. The molecule has 1 aliphatic rings. The molecule has 1 aliphatic heterocycles. The Hall–Kier alpha value is -1.81. The Kier molecular flexibility index (Phi) is 3.03. The molecule has 0 spiro atoms. The van der Waals surface area contributed by atoms with E-state index >= 15 is 0 Å². The second-order valence-electron chi connectivity index (χ2n) is 4.24. The smallest absolute Gasteiger partial charge is 0.162 e. The van der Waals surface area contributed by atoms with Gasteiger partial charge in [0.15, 0.2) is 5.75 Å². The van der Waals surface area contributed by atoms with Crippen molar-refractivity contribution in [2.45, 2.75) is 6.10 Å². The van der Waals surface area contributed by atoms with Gasteiger partial charge in [0.25, 0.3) is 0 Å². The molecule has 1 unspecified atom stereocenters. The number of nitrogens with one attached hydrogen (secondary N) is 1. The van der Waals surface area contributed by atoms with Crippen LogP contribution in [0.2, 0.25) is 5.02 Å². The lowest BCUT2D eigenvalue weighted by molar-refractivity contribution is 0.200. The van der Waals surface area contributed by atoms with Gasteiger partial charge >= 0.3 is 0 Å². The first kappa shape index (κ1) is 12.2. The molecule has 0 amide bonds. The number of benzene rings is 2. The molecule has 98 valence electrons. The fourth-order valence-corrected chi connectivity index (χ4v) is 2.35. The predicted molar refractivity (Wildman–Crippen MR) is 69.7 cm³/mol. The maximum absolute atomic E-state index is 13.7. The summed E-state index contributed by atoms with van der Waals surface area (Å²) in [4.78, 5) is 0. The molecular formula is C14H10ClF2NO. The summed E-state index contributed by atoms with van der Waals surface area (Å²) in [6.07, 6.45) is -0.742. The van der Waals surface area contributed by atoms with E-state index in [2.05, 4.69) is 5.32 Å². The zero-order valence-corrected chi connectivity index (χ0v) is 10.5. The third kappa shape index (κ3) is 2.12. The van der Waals surface area contributed by atoms with Crippen molar-refractivity contribution in [2.75, 3.05) is 11.9 Å². The zero-order valence-electron chi connectivity index (χ0n) is 9.79. The molecule has 3 rings (SSSR count). The Bertz CT molecular complexity index is 613. The number of ether oxygens (including phenoxy) is 1. The molecule has 0 bridgehead atoms. The molecule has 0 aromatic heterocycles. The van der Waals surface area contributed by atoms with Crippen LogP contribution in [-0.4, -0.2) is 6.54 Å². The van der Waals surface area contributed by atoms with Gasteiger partial charge < -0.3 is 10.1 Å². The van der Waals surface area contributed by atoms with Crippen molar-refractivity contribution in [1.29, 1.82) is 0 Å². The summed E-state index contributed by atoms with van der Waals surface area (Å²) < 4.78 is 33.1. The van der Waals surface area contributed by atoms with Gasteiger partial charge in [0.05, 0.1) is 22.8 Å². The number of anilines is 1.